The monoisotopic (exact) mass is 511 g/mol. The number of methoxy groups -OCH3 is 4. The first kappa shape index (κ1) is 26.4. The molecule has 1 fully saturated rings. The molecule has 1 atom stereocenters. The molecule has 2 aromatic rings. The van der Waals surface area contributed by atoms with Crippen molar-refractivity contribution in [3.63, 3.8) is 0 Å². The van der Waals surface area contributed by atoms with Gasteiger partial charge in [-0.05, 0) is 42.3 Å². The van der Waals surface area contributed by atoms with Gasteiger partial charge in [0.25, 0.3) is 17.5 Å². The lowest BCUT2D eigenvalue weighted by Crippen LogP contribution is -2.69. The van der Waals surface area contributed by atoms with Gasteiger partial charge in [0.05, 0.1) is 28.4 Å². The Morgan fingerprint density at radius 2 is 1.47 bits per heavy atom. The topological polar surface area (TPSA) is 115 Å². The predicted molar refractivity (Wildman–Crippen MR) is 119 cm³/mol. The van der Waals surface area contributed by atoms with Crippen molar-refractivity contribution < 1.29 is 46.5 Å². The molecule has 0 unspecified atom stereocenters. The van der Waals surface area contributed by atoms with Crippen molar-refractivity contribution in [1.29, 1.82) is 0 Å². The average Bonchev–Trinajstić information content (AvgIpc) is 3.11. The molecular weight excluding hydrogens is 487 g/mol. The summed E-state index contributed by atoms with van der Waals surface area (Å²) >= 11 is 0. The van der Waals surface area contributed by atoms with Crippen LogP contribution in [0.5, 0.6) is 23.0 Å². The number of hydrogen-bond donors (Lipinski definition) is 2. The smallest absolute Gasteiger partial charge is 0.440 e. The Labute approximate surface area is 204 Å². The summed E-state index contributed by atoms with van der Waals surface area (Å²) < 4.78 is 62.9. The molecule has 0 radical (unpaired) electrons. The Bertz CT molecular complexity index is 1170. The Hall–Kier alpha value is -4.16. The number of nitrogens with one attached hydrogen (secondary N) is 2. The van der Waals surface area contributed by atoms with E-state index in [-0.39, 0.29) is 30.0 Å². The zero-order valence-electron chi connectivity index (χ0n) is 19.8. The number of carbonyl (C=O) groups is 3. The normalized spacial score (nSPS) is 17.5. The second kappa shape index (κ2) is 10.2. The number of urea groups is 1. The van der Waals surface area contributed by atoms with Crippen molar-refractivity contribution in [3.8, 4) is 23.0 Å². The maximum atomic E-state index is 14.1. The quantitative estimate of drug-likeness (QED) is 0.497. The van der Waals surface area contributed by atoms with Gasteiger partial charge in [-0.15, -0.1) is 0 Å². The van der Waals surface area contributed by atoms with Gasteiger partial charge in [-0.25, -0.2) is 4.79 Å². The van der Waals surface area contributed by atoms with Crippen LogP contribution in [0.25, 0.3) is 0 Å². The van der Waals surface area contributed by atoms with E-state index in [0.29, 0.717) is 22.0 Å². The lowest BCUT2D eigenvalue weighted by molar-refractivity contribution is -0.200. The molecule has 194 valence electrons. The number of hydrogen-bond acceptors (Lipinski definition) is 7. The number of nitrogens with zero attached hydrogens (tertiary/aromatic N) is 1. The zero-order chi connectivity index (χ0) is 26.7. The zero-order valence-corrected chi connectivity index (χ0v) is 19.8. The van der Waals surface area contributed by atoms with Crippen molar-refractivity contribution in [2.24, 2.45) is 0 Å². The minimum atomic E-state index is -5.34. The predicted octanol–water partition coefficient (Wildman–Crippen LogP) is 2.50. The number of benzene rings is 2. The number of carbonyl (C=O) groups excluding carboxylic acids is 3. The highest BCUT2D eigenvalue weighted by molar-refractivity contribution is 6.10. The van der Waals surface area contributed by atoms with Crippen LogP contribution in [-0.4, -0.2) is 69.6 Å². The van der Waals surface area contributed by atoms with Crippen molar-refractivity contribution >= 4 is 17.8 Å². The molecule has 1 aliphatic rings. The third-order valence-electron chi connectivity index (χ3n) is 5.55. The minimum Gasteiger partial charge on any atom is -0.493 e. The molecular formula is C23H24F3N3O7. The van der Waals surface area contributed by atoms with Gasteiger partial charge in [-0.1, -0.05) is 6.07 Å². The Morgan fingerprint density at radius 1 is 0.917 bits per heavy atom. The molecule has 0 saturated carbocycles. The summed E-state index contributed by atoms with van der Waals surface area (Å²) in [6, 6.07) is 7.14. The fourth-order valence-electron chi connectivity index (χ4n) is 3.62. The molecule has 2 aromatic carbocycles. The molecule has 36 heavy (non-hydrogen) atoms. The SMILES string of the molecule is COc1ccc(CCN2C(=O)N[C@@](NC(=O)c3ccc(OC)c(OC)c3)(C(F)(F)F)C2=O)cc1OC. The van der Waals surface area contributed by atoms with Gasteiger partial charge in [-0.2, -0.15) is 13.2 Å². The number of amides is 4. The largest absolute Gasteiger partial charge is 0.493 e. The van der Waals surface area contributed by atoms with Gasteiger partial charge >= 0.3 is 12.2 Å². The third-order valence-corrected chi connectivity index (χ3v) is 5.55. The lowest BCUT2D eigenvalue weighted by Gasteiger charge is -2.30. The molecule has 1 saturated heterocycles. The number of alkyl halides is 3. The molecule has 0 aromatic heterocycles. The van der Waals surface area contributed by atoms with Gasteiger partial charge in [-0.3, -0.25) is 19.8 Å². The van der Waals surface area contributed by atoms with Crippen LogP contribution in [0.2, 0.25) is 0 Å². The highest BCUT2D eigenvalue weighted by Gasteiger charge is 2.68. The van der Waals surface area contributed by atoms with E-state index in [9.17, 15) is 27.6 Å². The Morgan fingerprint density at radius 3 is 2.03 bits per heavy atom. The van der Waals surface area contributed by atoms with Crippen molar-refractivity contribution in [3.05, 3.63) is 47.5 Å². The molecule has 0 aliphatic carbocycles. The summed E-state index contributed by atoms with van der Waals surface area (Å²) in [5.41, 5.74) is -3.32. The van der Waals surface area contributed by atoms with Gasteiger partial charge in [0.2, 0.25) is 0 Å². The summed E-state index contributed by atoms with van der Waals surface area (Å²) in [6.45, 7) is -0.385. The number of rotatable bonds is 9. The van der Waals surface area contributed by atoms with Crippen molar-refractivity contribution in [2.75, 3.05) is 35.0 Å². The fraction of sp³-hybridized carbons (Fsp3) is 0.348. The van der Waals surface area contributed by atoms with Gasteiger partial charge in [0.1, 0.15) is 0 Å². The molecule has 1 aliphatic heterocycles. The van der Waals surface area contributed by atoms with Crippen molar-refractivity contribution in [1.82, 2.24) is 15.5 Å². The third kappa shape index (κ3) is 4.81. The molecule has 3 rings (SSSR count). The lowest BCUT2D eigenvalue weighted by atomic mass is 10.1. The van der Waals surface area contributed by atoms with E-state index in [0.717, 1.165) is 6.07 Å². The van der Waals surface area contributed by atoms with E-state index in [2.05, 4.69) is 0 Å². The highest BCUT2D eigenvalue weighted by atomic mass is 19.4. The molecule has 4 amide bonds. The summed E-state index contributed by atoms with van der Waals surface area (Å²) in [7, 11) is 5.49. The highest BCUT2D eigenvalue weighted by Crippen LogP contribution is 2.35. The maximum Gasteiger partial charge on any atom is 0.440 e. The molecule has 2 N–H and O–H groups in total. The van der Waals surface area contributed by atoms with Crippen LogP contribution in [-0.2, 0) is 11.2 Å². The molecule has 10 nitrogen and oxygen atoms in total. The second-order valence-electron chi connectivity index (χ2n) is 7.60. The van der Waals surface area contributed by atoms with E-state index < -0.39 is 29.7 Å². The molecule has 0 bridgehead atoms. The first-order valence-corrected chi connectivity index (χ1v) is 10.5. The molecule has 1 heterocycles. The van der Waals surface area contributed by atoms with Crippen LogP contribution in [0, 0.1) is 0 Å². The van der Waals surface area contributed by atoms with Crippen LogP contribution in [0.4, 0.5) is 18.0 Å². The minimum absolute atomic E-state index is 0.0249. The standard InChI is InChI=1S/C23H24F3N3O7/c1-33-15-7-5-13(11-17(15)35-3)9-10-29-20(31)22(23(24,25)26,28-21(29)32)27-19(30)14-6-8-16(34-2)18(12-14)36-4/h5-8,11-12H,9-10H2,1-4H3,(H,27,30)(H,28,32)/t22-/m1/s1. The summed E-state index contributed by atoms with van der Waals surface area (Å²) in [5.74, 6) is -1.78. The van der Waals surface area contributed by atoms with Gasteiger partial charge in [0, 0.05) is 12.1 Å². The van der Waals surface area contributed by atoms with E-state index >= 15 is 0 Å². The average molecular weight is 511 g/mol. The maximum absolute atomic E-state index is 14.1. The van der Waals surface area contributed by atoms with Gasteiger partial charge < -0.3 is 24.3 Å². The van der Waals surface area contributed by atoms with Crippen LogP contribution in [0.15, 0.2) is 36.4 Å². The number of halogens is 3. The van der Waals surface area contributed by atoms with Crippen LogP contribution in [0.3, 0.4) is 0 Å². The Kier molecular flexibility index (Phi) is 7.51. The van der Waals surface area contributed by atoms with E-state index in [1.54, 1.807) is 28.8 Å². The summed E-state index contributed by atoms with van der Waals surface area (Å²) in [4.78, 5) is 38.5. The first-order chi connectivity index (χ1) is 17.0. The van der Waals surface area contributed by atoms with E-state index in [4.69, 9.17) is 18.9 Å². The Balaban J connectivity index is 1.84. The number of imide groups is 1. The second-order valence-corrected chi connectivity index (χ2v) is 7.60. The fourth-order valence-corrected chi connectivity index (χ4v) is 3.62. The van der Waals surface area contributed by atoms with Crippen LogP contribution < -0.4 is 29.6 Å². The van der Waals surface area contributed by atoms with E-state index in [1.165, 1.54) is 40.6 Å². The number of ether oxygens (including phenoxy) is 4. The van der Waals surface area contributed by atoms with Crippen LogP contribution in [0.1, 0.15) is 15.9 Å². The van der Waals surface area contributed by atoms with Crippen LogP contribution >= 0.6 is 0 Å². The van der Waals surface area contributed by atoms with Gasteiger partial charge in [0.15, 0.2) is 23.0 Å². The summed E-state index contributed by atoms with van der Waals surface area (Å²) in [5, 5.41) is 3.28. The van der Waals surface area contributed by atoms with Crippen molar-refractivity contribution in [2.45, 2.75) is 18.3 Å². The van der Waals surface area contributed by atoms with E-state index in [1.807, 2.05) is 0 Å². The first-order valence-electron chi connectivity index (χ1n) is 10.5. The molecule has 0 spiro atoms. The molecule has 13 heteroatoms. The summed E-state index contributed by atoms with van der Waals surface area (Å²) in [6.07, 6.45) is -5.32.